The second kappa shape index (κ2) is 8.14. The van der Waals surface area contributed by atoms with Crippen LogP contribution in [0.5, 0.6) is 0 Å². The quantitative estimate of drug-likeness (QED) is 0.427. The number of esters is 1. The molecule has 0 spiro atoms. The molecule has 0 bridgehead atoms. The van der Waals surface area contributed by atoms with Crippen molar-refractivity contribution < 1.29 is 23.5 Å². The summed E-state index contributed by atoms with van der Waals surface area (Å²) in [5, 5.41) is 0. The van der Waals surface area contributed by atoms with E-state index in [2.05, 4.69) is 26.8 Å². The Balaban J connectivity index is 1.50. The summed E-state index contributed by atoms with van der Waals surface area (Å²) in [6, 6.07) is 11.0. The smallest absolute Gasteiger partial charge is 0.338 e. The molecule has 1 aromatic heterocycles. The van der Waals surface area contributed by atoms with E-state index in [9.17, 15) is 14.4 Å². The number of ether oxygens (including phenoxy) is 1. The van der Waals surface area contributed by atoms with E-state index in [4.69, 9.17) is 9.15 Å². The van der Waals surface area contributed by atoms with Crippen LogP contribution in [0.4, 0.5) is 0 Å². The molecule has 0 radical (unpaired) electrons. The summed E-state index contributed by atoms with van der Waals surface area (Å²) in [6.45, 7) is 10.7. The van der Waals surface area contributed by atoms with Gasteiger partial charge in [-0.05, 0) is 72.4 Å². The van der Waals surface area contributed by atoms with Gasteiger partial charge in [0.15, 0.2) is 11.6 Å². The molecule has 0 aliphatic heterocycles. The van der Waals surface area contributed by atoms with E-state index in [0.717, 1.165) is 24.0 Å². The zero-order chi connectivity index (χ0) is 27.1. The predicted octanol–water partition coefficient (Wildman–Crippen LogP) is 6.71. The number of carbonyl (C=O) groups is 3. The van der Waals surface area contributed by atoms with Crippen LogP contribution >= 0.6 is 0 Å². The highest BCUT2D eigenvalue weighted by atomic mass is 16.5. The molecule has 1 aromatic carbocycles. The van der Waals surface area contributed by atoms with Crippen molar-refractivity contribution in [3.8, 4) is 0 Å². The largest absolute Gasteiger partial charge is 0.472 e. The van der Waals surface area contributed by atoms with Crippen LogP contribution in [0.1, 0.15) is 75.7 Å². The van der Waals surface area contributed by atoms with Crippen LogP contribution in [0.25, 0.3) is 0 Å². The molecule has 7 atom stereocenters. The topological polar surface area (TPSA) is 73.6 Å². The minimum atomic E-state index is -0.581. The number of rotatable bonds is 3. The number of fused-ring (bicyclic) bond motifs is 5. The van der Waals surface area contributed by atoms with Gasteiger partial charge in [-0.15, -0.1) is 0 Å². The van der Waals surface area contributed by atoms with Crippen molar-refractivity contribution in [1.82, 2.24) is 0 Å². The Morgan fingerprint density at radius 3 is 2.42 bits per heavy atom. The van der Waals surface area contributed by atoms with Crippen molar-refractivity contribution >= 4 is 17.5 Å². The van der Waals surface area contributed by atoms with Gasteiger partial charge in [0.25, 0.3) is 0 Å². The van der Waals surface area contributed by atoms with Crippen molar-refractivity contribution in [2.45, 2.75) is 65.9 Å². The average molecular weight is 513 g/mol. The molecule has 0 N–H and O–H groups in total. The Morgan fingerprint density at radius 2 is 1.74 bits per heavy atom. The van der Waals surface area contributed by atoms with Gasteiger partial charge in [0, 0.05) is 21.8 Å². The summed E-state index contributed by atoms with van der Waals surface area (Å²) in [5.41, 5.74) is 0.641. The predicted molar refractivity (Wildman–Crippen MR) is 143 cm³/mol. The molecule has 38 heavy (non-hydrogen) atoms. The lowest BCUT2D eigenvalue weighted by molar-refractivity contribution is -0.165. The van der Waals surface area contributed by atoms with Crippen molar-refractivity contribution in [3.63, 3.8) is 0 Å². The Labute approximate surface area is 224 Å². The standard InChI is InChI=1S/C33H36O5/c1-30(2)24-18-27(38-29(36)20-9-7-6-8-10-20)33(5)23(31(24,3)15-12-26(30)35)11-14-32(4)25(33)17-22(34)28(32)21-13-16-37-19-21/h6-10,12-13,15-17,19,23-24,27-28H,11,14,18H2,1-5H3/t23?,24?,27-,28-,31-,32-,33-/m1/s1. The molecule has 198 valence electrons. The molecule has 2 fully saturated rings. The van der Waals surface area contributed by atoms with Gasteiger partial charge in [-0.3, -0.25) is 9.59 Å². The molecule has 0 saturated heterocycles. The van der Waals surface area contributed by atoms with Gasteiger partial charge in [-0.25, -0.2) is 4.79 Å². The van der Waals surface area contributed by atoms with Gasteiger partial charge in [-0.1, -0.05) is 58.9 Å². The van der Waals surface area contributed by atoms with Gasteiger partial charge in [0.05, 0.1) is 24.0 Å². The van der Waals surface area contributed by atoms with Crippen LogP contribution in [0, 0.1) is 33.5 Å². The summed E-state index contributed by atoms with van der Waals surface area (Å²) in [6.07, 6.45) is 10.8. The monoisotopic (exact) mass is 512 g/mol. The molecule has 1 heterocycles. The van der Waals surface area contributed by atoms with Crippen LogP contribution in [-0.4, -0.2) is 23.6 Å². The summed E-state index contributed by atoms with van der Waals surface area (Å²) >= 11 is 0. The lowest BCUT2D eigenvalue weighted by atomic mass is 9.38. The van der Waals surface area contributed by atoms with Gasteiger partial charge < -0.3 is 9.15 Å². The normalized spacial score (nSPS) is 39.1. The third-order valence-corrected chi connectivity index (χ3v) is 10.9. The highest BCUT2D eigenvalue weighted by Gasteiger charge is 2.69. The molecular weight excluding hydrogens is 476 g/mol. The van der Waals surface area contributed by atoms with E-state index < -0.39 is 22.3 Å². The minimum Gasteiger partial charge on any atom is -0.472 e. The zero-order valence-electron chi connectivity index (χ0n) is 22.8. The average Bonchev–Trinajstić information content (AvgIpc) is 3.49. The summed E-state index contributed by atoms with van der Waals surface area (Å²) in [4.78, 5) is 40.2. The zero-order valence-corrected chi connectivity index (χ0v) is 22.8. The fourth-order valence-corrected chi connectivity index (χ4v) is 9.01. The first-order valence-corrected chi connectivity index (χ1v) is 13.7. The minimum absolute atomic E-state index is 0.00544. The fourth-order valence-electron chi connectivity index (χ4n) is 9.01. The van der Waals surface area contributed by atoms with Gasteiger partial charge in [-0.2, -0.15) is 0 Å². The van der Waals surface area contributed by atoms with E-state index >= 15 is 0 Å². The third-order valence-electron chi connectivity index (χ3n) is 10.9. The number of allylic oxidation sites excluding steroid dienone is 3. The second-order valence-corrected chi connectivity index (χ2v) is 13.1. The Morgan fingerprint density at radius 1 is 1.00 bits per heavy atom. The molecule has 2 aromatic rings. The molecule has 5 nitrogen and oxygen atoms in total. The van der Waals surface area contributed by atoms with E-state index in [1.54, 1.807) is 30.7 Å². The third kappa shape index (κ3) is 3.20. The van der Waals surface area contributed by atoms with E-state index in [1.807, 2.05) is 44.2 Å². The molecule has 2 unspecified atom stereocenters. The number of carbonyl (C=O) groups excluding carboxylic acids is 3. The van der Waals surface area contributed by atoms with Crippen LogP contribution in [0.2, 0.25) is 0 Å². The van der Waals surface area contributed by atoms with E-state index in [1.165, 1.54) is 0 Å². The number of furan rings is 1. The highest BCUT2D eigenvalue weighted by molar-refractivity contribution is 6.01. The van der Waals surface area contributed by atoms with E-state index in [-0.39, 0.29) is 40.7 Å². The fraction of sp³-hybridized carbons (Fsp3) is 0.485. The molecule has 5 heteroatoms. The SMILES string of the molecule is CC1(C)C(=O)C=C[C@@]2(C)C1C[C@@H](OC(=O)c1ccccc1)[C@@]1(C)C3=CC(=O)[C@@H](c4ccoc4)[C@]3(C)CCC21. The summed E-state index contributed by atoms with van der Waals surface area (Å²) < 4.78 is 11.8. The number of benzene rings is 1. The van der Waals surface area contributed by atoms with Gasteiger partial charge >= 0.3 is 5.97 Å². The lowest BCUT2D eigenvalue weighted by Crippen LogP contribution is -2.64. The van der Waals surface area contributed by atoms with Crippen LogP contribution < -0.4 is 0 Å². The number of ketones is 2. The van der Waals surface area contributed by atoms with Crippen LogP contribution in [-0.2, 0) is 14.3 Å². The van der Waals surface area contributed by atoms with Crippen molar-refractivity contribution in [2.24, 2.45) is 33.5 Å². The second-order valence-electron chi connectivity index (χ2n) is 13.1. The number of hydrogen-bond acceptors (Lipinski definition) is 5. The Bertz CT molecular complexity index is 1370. The maximum Gasteiger partial charge on any atom is 0.338 e. The molecule has 4 aliphatic carbocycles. The molecular formula is C33H36O5. The van der Waals surface area contributed by atoms with Crippen molar-refractivity contribution in [3.05, 3.63) is 83.9 Å². The summed E-state index contributed by atoms with van der Waals surface area (Å²) in [7, 11) is 0. The highest BCUT2D eigenvalue weighted by Crippen LogP contribution is 2.72. The van der Waals surface area contributed by atoms with Crippen molar-refractivity contribution in [2.75, 3.05) is 0 Å². The van der Waals surface area contributed by atoms with Gasteiger partial charge in [0.2, 0.25) is 0 Å². The van der Waals surface area contributed by atoms with E-state index in [0.29, 0.717) is 12.0 Å². The molecule has 0 amide bonds. The van der Waals surface area contributed by atoms with Crippen LogP contribution in [0.15, 0.2) is 77.1 Å². The first-order chi connectivity index (χ1) is 17.9. The lowest BCUT2D eigenvalue weighted by Gasteiger charge is -2.66. The molecule has 2 saturated carbocycles. The maximum atomic E-state index is 13.6. The van der Waals surface area contributed by atoms with Gasteiger partial charge in [0.1, 0.15) is 6.10 Å². The van der Waals surface area contributed by atoms with Crippen molar-refractivity contribution in [1.29, 1.82) is 0 Å². The molecule has 4 aliphatic rings. The number of hydrogen-bond donors (Lipinski definition) is 0. The Kier molecular flexibility index (Phi) is 5.38. The Hall–Kier alpha value is -3.21. The van der Waals surface area contributed by atoms with Crippen LogP contribution in [0.3, 0.4) is 0 Å². The molecule has 6 rings (SSSR count). The summed E-state index contributed by atoms with van der Waals surface area (Å²) in [5.74, 6) is -0.372. The first kappa shape index (κ1) is 25.1. The maximum absolute atomic E-state index is 13.6. The first-order valence-electron chi connectivity index (χ1n) is 13.7.